The molecule has 0 amide bonds. The first-order chi connectivity index (χ1) is 18.3. The summed E-state index contributed by atoms with van der Waals surface area (Å²) in [6.45, 7) is 0.455. The molecule has 0 saturated carbocycles. The van der Waals surface area contributed by atoms with Crippen LogP contribution in [0.4, 0.5) is 0 Å². The Morgan fingerprint density at radius 2 is 1.11 bits per heavy atom. The number of ether oxygens (including phenoxy) is 4. The maximum Gasteiger partial charge on any atom is 0.188 e. The highest BCUT2D eigenvalue weighted by molar-refractivity contribution is 5.79. The Morgan fingerprint density at radius 3 is 1.59 bits per heavy atom. The molecule has 1 atom stereocenters. The molecule has 1 unspecified atom stereocenters. The van der Waals surface area contributed by atoms with Crippen LogP contribution in [0.5, 0.6) is 11.5 Å². The Labute approximate surface area is 219 Å². The van der Waals surface area contributed by atoms with E-state index in [-0.39, 0.29) is 24.9 Å². The largest absolute Gasteiger partial charge is 0.468 e. The zero-order valence-electron chi connectivity index (χ0n) is 21.3. The number of benzene rings is 4. The molecule has 5 rings (SSSR count). The summed E-state index contributed by atoms with van der Waals surface area (Å²) in [6, 6.07) is 38.5. The molecular formula is C33H32O4. The van der Waals surface area contributed by atoms with E-state index in [1.807, 2.05) is 24.3 Å². The van der Waals surface area contributed by atoms with Crippen LogP contribution in [0, 0.1) is 0 Å². The molecule has 0 heterocycles. The maximum atomic E-state index is 5.69. The number of methoxy groups -OCH3 is 2. The van der Waals surface area contributed by atoms with Crippen LogP contribution in [0.1, 0.15) is 34.6 Å². The van der Waals surface area contributed by atoms with Crippen LogP contribution >= 0.6 is 0 Å². The quantitative estimate of drug-likeness (QED) is 0.219. The fourth-order valence-electron chi connectivity index (χ4n) is 5.48. The van der Waals surface area contributed by atoms with E-state index in [0.717, 1.165) is 17.9 Å². The number of rotatable bonds is 10. The molecule has 0 spiro atoms. The molecular weight excluding hydrogens is 460 g/mol. The van der Waals surface area contributed by atoms with Gasteiger partial charge in [0.05, 0.1) is 0 Å². The summed E-state index contributed by atoms with van der Waals surface area (Å²) < 4.78 is 21.5. The van der Waals surface area contributed by atoms with Crippen LogP contribution in [-0.2, 0) is 14.9 Å². The van der Waals surface area contributed by atoms with Crippen molar-refractivity contribution in [1.82, 2.24) is 0 Å². The molecule has 0 fully saturated rings. The Hall–Kier alpha value is -3.86. The summed E-state index contributed by atoms with van der Waals surface area (Å²) in [7, 11) is 3.25. The molecule has 4 heteroatoms. The lowest BCUT2D eigenvalue weighted by atomic mass is 9.63. The topological polar surface area (TPSA) is 36.9 Å². The van der Waals surface area contributed by atoms with Gasteiger partial charge in [0, 0.05) is 25.6 Å². The summed E-state index contributed by atoms with van der Waals surface area (Å²) in [5.74, 6) is 1.68. The van der Waals surface area contributed by atoms with Crippen molar-refractivity contribution in [2.45, 2.75) is 17.8 Å². The number of hydrogen-bond donors (Lipinski definition) is 0. The van der Waals surface area contributed by atoms with Gasteiger partial charge >= 0.3 is 0 Å². The van der Waals surface area contributed by atoms with Crippen LogP contribution in [0.15, 0.2) is 115 Å². The first kappa shape index (κ1) is 24.8. The van der Waals surface area contributed by atoms with Crippen molar-refractivity contribution in [1.29, 1.82) is 0 Å². The second kappa shape index (κ2) is 11.5. The van der Waals surface area contributed by atoms with E-state index >= 15 is 0 Å². The van der Waals surface area contributed by atoms with Crippen molar-refractivity contribution >= 4 is 5.57 Å². The molecule has 1 aliphatic rings. The SMILES string of the molecule is COCOc1ccc(C2=CCC(c3ccccc3)(c3ccccc3)C2c2ccc(OCOC)cc2)cc1. The fourth-order valence-corrected chi connectivity index (χ4v) is 5.48. The van der Waals surface area contributed by atoms with Crippen molar-refractivity contribution < 1.29 is 18.9 Å². The van der Waals surface area contributed by atoms with Crippen molar-refractivity contribution in [3.8, 4) is 11.5 Å². The van der Waals surface area contributed by atoms with Crippen LogP contribution < -0.4 is 9.47 Å². The van der Waals surface area contributed by atoms with Crippen molar-refractivity contribution in [3.05, 3.63) is 138 Å². The lowest BCUT2D eigenvalue weighted by Gasteiger charge is -2.39. The summed E-state index contributed by atoms with van der Waals surface area (Å²) in [6.07, 6.45) is 3.30. The molecule has 1 aliphatic carbocycles. The zero-order valence-corrected chi connectivity index (χ0v) is 21.3. The molecule has 188 valence electrons. The first-order valence-corrected chi connectivity index (χ1v) is 12.5. The van der Waals surface area contributed by atoms with Gasteiger partial charge < -0.3 is 18.9 Å². The normalized spacial score (nSPS) is 16.3. The monoisotopic (exact) mass is 492 g/mol. The summed E-state index contributed by atoms with van der Waals surface area (Å²) >= 11 is 0. The molecule has 0 aliphatic heterocycles. The first-order valence-electron chi connectivity index (χ1n) is 12.5. The van der Waals surface area contributed by atoms with Gasteiger partial charge in [0.1, 0.15) is 11.5 Å². The van der Waals surface area contributed by atoms with E-state index in [2.05, 4.69) is 91.0 Å². The fraction of sp³-hybridized carbons (Fsp3) is 0.212. The standard InChI is InChI=1S/C33H32O4/c1-34-23-36-29-17-13-25(14-18-29)31-21-22-33(27-9-5-3-6-10-27,28-11-7-4-8-12-28)32(31)26-15-19-30(20-16-26)37-24-35-2/h3-21,32H,22-24H2,1-2H3. The van der Waals surface area contributed by atoms with Gasteiger partial charge in [-0.25, -0.2) is 0 Å². The highest BCUT2D eigenvalue weighted by Crippen LogP contribution is 2.57. The van der Waals surface area contributed by atoms with Crippen molar-refractivity contribution in [2.75, 3.05) is 27.8 Å². The van der Waals surface area contributed by atoms with Gasteiger partial charge in [-0.15, -0.1) is 0 Å². The van der Waals surface area contributed by atoms with E-state index in [0.29, 0.717) is 0 Å². The predicted octanol–water partition coefficient (Wildman–Crippen LogP) is 7.21. The summed E-state index contributed by atoms with van der Waals surface area (Å²) in [5, 5.41) is 0. The van der Waals surface area contributed by atoms with Crippen LogP contribution in [0.25, 0.3) is 5.57 Å². The van der Waals surface area contributed by atoms with Gasteiger partial charge in [-0.3, -0.25) is 0 Å². The van der Waals surface area contributed by atoms with Gasteiger partial charge in [-0.05, 0) is 58.5 Å². The molecule has 4 aromatic rings. The number of hydrogen-bond acceptors (Lipinski definition) is 4. The molecule has 4 nitrogen and oxygen atoms in total. The molecule has 4 aromatic carbocycles. The molecule has 0 saturated heterocycles. The lowest BCUT2D eigenvalue weighted by molar-refractivity contribution is 0.0509. The van der Waals surface area contributed by atoms with Gasteiger partial charge in [0.15, 0.2) is 13.6 Å². The molecule has 0 N–H and O–H groups in total. The summed E-state index contributed by atoms with van der Waals surface area (Å²) in [5.41, 5.74) is 6.08. The van der Waals surface area contributed by atoms with E-state index < -0.39 is 0 Å². The minimum Gasteiger partial charge on any atom is -0.468 e. The van der Waals surface area contributed by atoms with E-state index in [1.165, 1.54) is 27.8 Å². The molecule has 0 radical (unpaired) electrons. The van der Waals surface area contributed by atoms with Gasteiger partial charge in [-0.2, -0.15) is 0 Å². The minimum atomic E-state index is -0.252. The Balaban J connectivity index is 1.63. The van der Waals surface area contributed by atoms with Crippen molar-refractivity contribution in [3.63, 3.8) is 0 Å². The van der Waals surface area contributed by atoms with Crippen molar-refractivity contribution in [2.24, 2.45) is 0 Å². The molecule has 37 heavy (non-hydrogen) atoms. The molecule has 0 aromatic heterocycles. The average molecular weight is 493 g/mol. The predicted molar refractivity (Wildman–Crippen MR) is 147 cm³/mol. The smallest absolute Gasteiger partial charge is 0.188 e. The van der Waals surface area contributed by atoms with Crippen LogP contribution in [-0.4, -0.2) is 27.8 Å². The van der Waals surface area contributed by atoms with Crippen LogP contribution in [0.3, 0.4) is 0 Å². The molecule has 0 bridgehead atoms. The highest BCUT2D eigenvalue weighted by atomic mass is 16.7. The minimum absolute atomic E-state index is 0.0968. The van der Waals surface area contributed by atoms with Gasteiger partial charge in [0.25, 0.3) is 0 Å². The second-order valence-electron chi connectivity index (χ2n) is 9.20. The third-order valence-electron chi connectivity index (χ3n) is 7.11. The lowest BCUT2D eigenvalue weighted by Crippen LogP contribution is -2.32. The Kier molecular flexibility index (Phi) is 7.69. The third-order valence-corrected chi connectivity index (χ3v) is 7.11. The maximum absolute atomic E-state index is 5.69. The second-order valence-corrected chi connectivity index (χ2v) is 9.20. The summed E-state index contributed by atoms with van der Waals surface area (Å²) in [4.78, 5) is 0. The van der Waals surface area contributed by atoms with Gasteiger partial charge in [0.2, 0.25) is 0 Å². The highest BCUT2D eigenvalue weighted by Gasteiger charge is 2.47. The Bertz CT molecular complexity index is 1260. The van der Waals surface area contributed by atoms with Gasteiger partial charge in [-0.1, -0.05) is 91.0 Å². The zero-order chi connectivity index (χ0) is 25.5. The van der Waals surface area contributed by atoms with E-state index in [4.69, 9.17) is 18.9 Å². The van der Waals surface area contributed by atoms with E-state index in [9.17, 15) is 0 Å². The third kappa shape index (κ3) is 5.04. The Morgan fingerprint density at radius 1 is 0.622 bits per heavy atom. The average Bonchev–Trinajstić information content (AvgIpc) is 3.38. The van der Waals surface area contributed by atoms with E-state index in [1.54, 1.807) is 14.2 Å². The van der Waals surface area contributed by atoms with Crippen LogP contribution in [0.2, 0.25) is 0 Å². The number of allylic oxidation sites excluding steroid dienone is 2.